The zero-order chi connectivity index (χ0) is 13.7. The van der Waals surface area contributed by atoms with Crippen LogP contribution in [0.4, 0.5) is 5.69 Å². The molecule has 1 unspecified atom stereocenters. The average Bonchev–Trinajstić information content (AvgIpc) is 2.32. The highest BCUT2D eigenvalue weighted by molar-refractivity contribution is 6.44. The van der Waals surface area contributed by atoms with Crippen molar-refractivity contribution in [3.05, 3.63) is 27.7 Å². The van der Waals surface area contributed by atoms with Crippen molar-refractivity contribution in [2.75, 3.05) is 26.1 Å². The summed E-state index contributed by atoms with van der Waals surface area (Å²) in [4.78, 5) is 11.9. The van der Waals surface area contributed by atoms with Gasteiger partial charge in [0.15, 0.2) is 0 Å². The van der Waals surface area contributed by atoms with Crippen LogP contribution in [0.25, 0.3) is 0 Å². The molecule has 0 bridgehead atoms. The van der Waals surface area contributed by atoms with Crippen molar-refractivity contribution in [2.45, 2.75) is 6.04 Å². The standard InChI is InChI=1S/C11H14Cl2N2O3/c1-18-5-7(4-16)15-11(17)8-2-6(14)3-9(12)10(8)13/h2-3,7,16H,4-5,14H2,1H3,(H,15,17). The third-order valence-electron chi connectivity index (χ3n) is 2.22. The van der Waals surface area contributed by atoms with Crippen LogP contribution in [-0.2, 0) is 4.74 Å². The lowest BCUT2D eigenvalue weighted by Crippen LogP contribution is -2.40. The van der Waals surface area contributed by atoms with Crippen LogP contribution in [0.5, 0.6) is 0 Å². The molecule has 0 aliphatic rings. The van der Waals surface area contributed by atoms with Crippen LogP contribution in [0.2, 0.25) is 10.0 Å². The number of hydrogen-bond donors (Lipinski definition) is 3. The Morgan fingerprint density at radius 2 is 2.22 bits per heavy atom. The Balaban J connectivity index is 2.90. The number of benzene rings is 1. The van der Waals surface area contributed by atoms with E-state index in [0.717, 1.165) is 0 Å². The maximum atomic E-state index is 11.9. The van der Waals surface area contributed by atoms with E-state index in [0.29, 0.717) is 5.69 Å². The molecule has 7 heteroatoms. The average molecular weight is 293 g/mol. The number of carbonyl (C=O) groups is 1. The molecule has 1 aromatic carbocycles. The van der Waals surface area contributed by atoms with E-state index in [2.05, 4.69) is 5.32 Å². The second-order valence-corrected chi connectivity index (χ2v) is 4.46. The summed E-state index contributed by atoms with van der Waals surface area (Å²) in [6.07, 6.45) is 0. The molecular formula is C11H14Cl2N2O3. The van der Waals surface area contributed by atoms with Gasteiger partial charge < -0.3 is 20.9 Å². The van der Waals surface area contributed by atoms with Crippen molar-refractivity contribution in [1.29, 1.82) is 0 Å². The highest BCUT2D eigenvalue weighted by Crippen LogP contribution is 2.28. The third kappa shape index (κ3) is 3.74. The van der Waals surface area contributed by atoms with Crippen molar-refractivity contribution in [3.8, 4) is 0 Å². The molecular weight excluding hydrogens is 279 g/mol. The molecule has 1 amide bonds. The fourth-order valence-electron chi connectivity index (χ4n) is 1.38. The number of anilines is 1. The molecule has 0 saturated carbocycles. The second kappa shape index (κ2) is 6.80. The number of methoxy groups -OCH3 is 1. The smallest absolute Gasteiger partial charge is 0.253 e. The normalized spacial score (nSPS) is 12.2. The van der Waals surface area contributed by atoms with Gasteiger partial charge in [-0.1, -0.05) is 23.2 Å². The van der Waals surface area contributed by atoms with Gasteiger partial charge in [-0.15, -0.1) is 0 Å². The summed E-state index contributed by atoms with van der Waals surface area (Å²) in [5.41, 5.74) is 6.09. The molecule has 0 fully saturated rings. The molecule has 0 aliphatic heterocycles. The molecule has 18 heavy (non-hydrogen) atoms. The van der Waals surface area contributed by atoms with Crippen LogP contribution < -0.4 is 11.1 Å². The predicted octanol–water partition coefficient (Wildman–Crippen LogP) is 1.31. The van der Waals surface area contributed by atoms with Crippen LogP contribution in [0.3, 0.4) is 0 Å². The number of hydrogen-bond acceptors (Lipinski definition) is 4. The second-order valence-electron chi connectivity index (χ2n) is 3.67. The summed E-state index contributed by atoms with van der Waals surface area (Å²) in [7, 11) is 1.47. The predicted molar refractivity (Wildman–Crippen MR) is 71.1 cm³/mol. The Hall–Kier alpha value is -1.01. The van der Waals surface area contributed by atoms with Gasteiger partial charge in [0.25, 0.3) is 5.91 Å². The van der Waals surface area contributed by atoms with Gasteiger partial charge in [0.05, 0.1) is 34.9 Å². The topological polar surface area (TPSA) is 84.6 Å². The van der Waals surface area contributed by atoms with E-state index in [4.69, 9.17) is 38.8 Å². The van der Waals surface area contributed by atoms with Crippen molar-refractivity contribution < 1.29 is 14.6 Å². The molecule has 4 N–H and O–H groups in total. The first-order valence-corrected chi connectivity index (χ1v) is 5.90. The largest absolute Gasteiger partial charge is 0.399 e. The van der Waals surface area contributed by atoms with Crippen LogP contribution in [0.15, 0.2) is 12.1 Å². The lowest BCUT2D eigenvalue weighted by molar-refractivity contribution is 0.0840. The quantitative estimate of drug-likeness (QED) is 0.715. The number of carbonyl (C=O) groups excluding carboxylic acids is 1. The van der Waals surface area contributed by atoms with Crippen molar-refractivity contribution in [1.82, 2.24) is 5.32 Å². The van der Waals surface area contributed by atoms with E-state index in [1.165, 1.54) is 19.2 Å². The van der Waals surface area contributed by atoms with Gasteiger partial charge in [0, 0.05) is 12.8 Å². The van der Waals surface area contributed by atoms with E-state index in [-0.39, 0.29) is 28.8 Å². The van der Waals surface area contributed by atoms with Gasteiger partial charge in [-0.25, -0.2) is 0 Å². The molecule has 1 atom stereocenters. The van der Waals surface area contributed by atoms with E-state index >= 15 is 0 Å². The summed E-state index contributed by atoms with van der Waals surface area (Å²) >= 11 is 11.8. The number of nitrogens with two attached hydrogens (primary N) is 1. The Kier molecular flexibility index (Phi) is 5.68. The number of nitrogen functional groups attached to an aromatic ring is 1. The van der Waals surface area contributed by atoms with Crippen molar-refractivity contribution in [3.63, 3.8) is 0 Å². The molecule has 0 heterocycles. The first-order valence-electron chi connectivity index (χ1n) is 5.14. The summed E-state index contributed by atoms with van der Waals surface area (Å²) in [5.74, 6) is -0.467. The Morgan fingerprint density at radius 3 is 2.78 bits per heavy atom. The number of rotatable bonds is 5. The van der Waals surface area contributed by atoms with Crippen LogP contribution in [-0.4, -0.2) is 37.4 Å². The van der Waals surface area contributed by atoms with Gasteiger partial charge in [0.2, 0.25) is 0 Å². The number of nitrogens with one attached hydrogen (secondary N) is 1. The molecule has 0 spiro atoms. The van der Waals surface area contributed by atoms with Crippen LogP contribution in [0.1, 0.15) is 10.4 Å². The SMILES string of the molecule is COCC(CO)NC(=O)c1cc(N)cc(Cl)c1Cl. The molecule has 100 valence electrons. The number of aliphatic hydroxyl groups is 1. The van der Waals surface area contributed by atoms with Crippen molar-refractivity contribution >= 4 is 34.8 Å². The maximum absolute atomic E-state index is 11.9. The molecule has 0 saturated heterocycles. The third-order valence-corrected chi connectivity index (χ3v) is 3.02. The van der Waals surface area contributed by atoms with Gasteiger partial charge in [-0.2, -0.15) is 0 Å². The molecule has 1 rings (SSSR count). The zero-order valence-electron chi connectivity index (χ0n) is 9.74. The molecule has 0 aromatic heterocycles. The monoisotopic (exact) mass is 292 g/mol. The summed E-state index contributed by atoms with van der Waals surface area (Å²) in [5, 5.41) is 11.9. The van der Waals surface area contributed by atoms with Gasteiger partial charge in [-0.05, 0) is 12.1 Å². The fraction of sp³-hybridized carbons (Fsp3) is 0.364. The molecule has 1 aromatic rings. The number of ether oxygens (including phenoxy) is 1. The molecule has 0 aliphatic carbocycles. The van der Waals surface area contributed by atoms with E-state index < -0.39 is 11.9 Å². The maximum Gasteiger partial charge on any atom is 0.253 e. The van der Waals surface area contributed by atoms with E-state index in [1.807, 2.05) is 0 Å². The van der Waals surface area contributed by atoms with Crippen LogP contribution in [0, 0.1) is 0 Å². The van der Waals surface area contributed by atoms with E-state index in [1.54, 1.807) is 0 Å². The number of aliphatic hydroxyl groups excluding tert-OH is 1. The fourth-order valence-corrected chi connectivity index (χ4v) is 1.80. The Morgan fingerprint density at radius 1 is 1.56 bits per heavy atom. The van der Waals surface area contributed by atoms with Gasteiger partial charge in [-0.3, -0.25) is 4.79 Å². The van der Waals surface area contributed by atoms with Gasteiger partial charge >= 0.3 is 0 Å². The van der Waals surface area contributed by atoms with Crippen LogP contribution >= 0.6 is 23.2 Å². The number of halogens is 2. The lowest BCUT2D eigenvalue weighted by atomic mass is 10.1. The van der Waals surface area contributed by atoms with Crippen molar-refractivity contribution in [2.24, 2.45) is 0 Å². The minimum absolute atomic E-state index is 0.123. The first kappa shape index (κ1) is 15.0. The Bertz CT molecular complexity index is 441. The minimum atomic E-state index is -0.515. The lowest BCUT2D eigenvalue weighted by Gasteiger charge is -2.16. The highest BCUT2D eigenvalue weighted by atomic mass is 35.5. The van der Waals surface area contributed by atoms with E-state index in [9.17, 15) is 4.79 Å². The number of amides is 1. The Labute approximate surface area is 115 Å². The zero-order valence-corrected chi connectivity index (χ0v) is 11.3. The summed E-state index contributed by atoms with van der Waals surface area (Å²) < 4.78 is 4.85. The highest BCUT2D eigenvalue weighted by Gasteiger charge is 2.17. The summed E-state index contributed by atoms with van der Waals surface area (Å²) in [6, 6.07) is 2.36. The first-order chi connectivity index (χ1) is 8.49. The molecule has 0 radical (unpaired) electrons. The van der Waals surface area contributed by atoms with Gasteiger partial charge in [0.1, 0.15) is 0 Å². The summed E-state index contributed by atoms with van der Waals surface area (Å²) in [6.45, 7) is -0.0524. The molecule has 5 nitrogen and oxygen atoms in total. The minimum Gasteiger partial charge on any atom is -0.399 e.